The monoisotopic (exact) mass is 212 g/mol. The van der Waals surface area contributed by atoms with E-state index in [0.29, 0.717) is 6.42 Å². The number of rotatable bonds is 5. The molecule has 0 unspecified atom stereocenters. The molecule has 0 spiro atoms. The Morgan fingerprint density at radius 1 is 1.64 bits per heavy atom. The minimum atomic E-state index is 0.0975. The van der Waals surface area contributed by atoms with Gasteiger partial charge in [0, 0.05) is 17.8 Å². The summed E-state index contributed by atoms with van der Waals surface area (Å²) in [6.45, 7) is 2.73. The fourth-order valence-corrected chi connectivity index (χ4v) is 1.90. The highest BCUT2D eigenvalue weighted by atomic mass is 32.1. The van der Waals surface area contributed by atoms with Crippen molar-refractivity contribution in [2.24, 2.45) is 0 Å². The maximum Gasteiger partial charge on any atom is 0.221 e. The Hall–Kier alpha value is -0.870. The van der Waals surface area contributed by atoms with E-state index in [9.17, 15) is 4.79 Å². The maximum absolute atomic E-state index is 11.4. The van der Waals surface area contributed by atoms with Gasteiger partial charge in [0.15, 0.2) is 0 Å². The SMILES string of the molecule is CNCCC(=O)N[C@H](C)c1cccs1. The van der Waals surface area contributed by atoms with Gasteiger partial charge in [-0.15, -0.1) is 11.3 Å². The van der Waals surface area contributed by atoms with Crippen molar-refractivity contribution in [3.8, 4) is 0 Å². The molecule has 14 heavy (non-hydrogen) atoms. The van der Waals surface area contributed by atoms with Crippen LogP contribution in [0.5, 0.6) is 0 Å². The van der Waals surface area contributed by atoms with Crippen LogP contribution in [0.1, 0.15) is 24.3 Å². The zero-order chi connectivity index (χ0) is 10.4. The van der Waals surface area contributed by atoms with Crippen LogP contribution in [0.25, 0.3) is 0 Å². The number of amides is 1. The second kappa shape index (κ2) is 5.78. The van der Waals surface area contributed by atoms with Gasteiger partial charge < -0.3 is 10.6 Å². The van der Waals surface area contributed by atoms with Gasteiger partial charge in [0.2, 0.25) is 5.91 Å². The van der Waals surface area contributed by atoms with Gasteiger partial charge in [-0.25, -0.2) is 0 Å². The third-order valence-corrected chi connectivity index (χ3v) is 3.00. The van der Waals surface area contributed by atoms with Gasteiger partial charge in [-0.1, -0.05) is 6.07 Å². The first-order chi connectivity index (χ1) is 6.74. The summed E-state index contributed by atoms with van der Waals surface area (Å²) in [5.41, 5.74) is 0. The summed E-state index contributed by atoms with van der Waals surface area (Å²) in [5, 5.41) is 7.92. The zero-order valence-corrected chi connectivity index (χ0v) is 9.36. The van der Waals surface area contributed by atoms with E-state index in [1.807, 2.05) is 31.5 Å². The number of carbonyl (C=O) groups excluding carboxylic acids is 1. The molecule has 3 nitrogen and oxygen atoms in total. The van der Waals surface area contributed by atoms with Crippen LogP contribution in [0.2, 0.25) is 0 Å². The summed E-state index contributed by atoms with van der Waals surface area (Å²) < 4.78 is 0. The topological polar surface area (TPSA) is 41.1 Å². The van der Waals surface area contributed by atoms with Crippen molar-refractivity contribution < 1.29 is 4.79 Å². The second-order valence-corrected chi connectivity index (χ2v) is 4.14. The molecule has 0 fully saturated rings. The van der Waals surface area contributed by atoms with E-state index in [2.05, 4.69) is 10.6 Å². The molecule has 0 aliphatic carbocycles. The Kier molecular flexibility index (Phi) is 4.62. The molecule has 4 heteroatoms. The largest absolute Gasteiger partial charge is 0.349 e. The average Bonchev–Trinajstić information content (AvgIpc) is 2.67. The second-order valence-electron chi connectivity index (χ2n) is 3.16. The molecule has 1 atom stereocenters. The van der Waals surface area contributed by atoms with Gasteiger partial charge in [-0.2, -0.15) is 0 Å². The van der Waals surface area contributed by atoms with E-state index in [1.54, 1.807) is 11.3 Å². The molecule has 1 rings (SSSR count). The molecular weight excluding hydrogens is 196 g/mol. The lowest BCUT2D eigenvalue weighted by Gasteiger charge is -2.11. The highest BCUT2D eigenvalue weighted by molar-refractivity contribution is 7.10. The molecule has 0 aromatic carbocycles. The fraction of sp³-hybridized carbons (Fsp3) is 0.500. The van der Waals surface area contributed by atoms with Crippen molar-refractivity contribution in [3.63, 3.8) is 0 Å². The van der Waals surface area contributed by atoms with E-state index >= 15 is 0 Å². The first-order valence-corrected chi connectivity index (χ1v) is 5.59. The Balaban J connectivity index is 2.33. The Bertz CT molecular complexity index is 272. The third-order valence-electron chi connectivity index (χ3n) is 1.95. The third kappa shape index (κ3) is 3.47. The molecule has 0 radical (unpaired) electrons. The number of hydrogen-bond donors (Lipinski definition) is 2. The predicted molar refractivity (Wildman–Crippen MR) is 59.4 cm³/mol. The van der Waals surface area contributed by atoms with E-state index in [1.165, 1.54) is 4.88 Å². The lowest BCUT2D eigenvalue weighted by molar-refractivity contribution is -0.121. The number of carbonyl (C=O) groups is 1. The Labute approximate surface area is 88.5 Å². The molecule has 1 heterocycles. The molecule has 78 valence electrons. The zero-order valence-electron chi connectivity index (χ0n) is 8.54. The van der Waals surface area contributed by atoms with Crippen LogP contribution in [-0.2, 0) is 4.79 Å². The molecule has 1 amide bonds. The van der Waals surface area contributed by atoms with E-state index < -0.39 is 0 Å². The van der Waals surface area contributed by atoms with Crippen molar-refractivity contribution in [3.05, 3.63) is 22.4 Å². The van der Waals surface area contributed by atoms with Crippen LogP contribution < -0.4 is 10.6 Å². The van der Waals surface area contributed by atoms with Crippen molar-refractivity contribution in [2.75, 3.05) is 13.6 Å². The van der Waals surface area contributed by atoms with E-state index in [0.717, 1.165) is 6.54 Å². The van der Waals surface area contributed by atoms with Crippen LogP contribution in [0, 0.1) is 0 Å². The smallest absolute Gasteiger partial charge is 0.221 e. The van der Waals surface area contributed by atoms with E-state index in [-0.39, 0.29) is 11.9 Å². The quantitative estimate of drug-likeness (QED) is 0.777. The minimum absolute atomic E-state index is 0.0975. The molecule has 1 aromatic heterocycles. The van der Waals surface area contributed by atoms with Gasteiger partial charge in [-0.3, -0.25) is 4.79 Å². The summed E-state index contributed by atoms with van der Waals surface area (Å²) in [6.07, 6.45) is 0.534. The molecular formula is C10H16N2OS. The highest BCUT2D eigenvalue weighted by Crippen LogP contribution is 2.17. The predicted octanol–water partition coefficient (Wildman–Crippen LogP) is 1.53. The molecule has 0 aliphatic rings. The number of hydrogen-bond acceptors (Lipinski definition) is 3. The van der Waals surface area contributed by atoms with Crippen molar-refractivity contribution in [1.29, 1.82) is 0 Å². The first kappa shape index (κ1) is 11.2. The van der Waals surface area contributed by atoms with Gasteiger partial charge in [0.05, 0.1) is 6.04 Å². The van der Waals surface area contributed by atoms with Crippen LogP contribution >= 0.6 is 11.3 Å². The van der Waals surface area contributed by atoms with E-state index in [4.69, 9.17) is 0 Å². The van der Waals surface area contributed by atoms with Gasteiger partial charge in [0.1, 0.15) is 0 Å². The highest BCUT2D eigenvalue weighted by Gasteiger charge is 2.09. The van der Waals surface area contributed by atoms with Gasteiger partial charge in [0.25, 0.3) is 0 Å². The number of nitrogens with one attached hydrogen (secondary N) is 2. The molecule has 0 saturated carbocycles. The van der Waals surface area contributed by atoms with Gasteiger partial charge >= 0.3 is 0 Å². The van der Waals surface area contributed by atoms with Crippen LogP contribution in [0.3, 0.4) is 0 Å². The van der Waals surface area contributed by atoms with Crippen molar-refractivity contribution >= 4 is 17.2 Å². The van der Waals surface area contributed by atoms with Crippen molar-refractivity contribution in [2.45, 2.75) is 19.4 Å². The molecule has 0 aliphatic heterocycles. The van der Waals surface area contributed by atoms with Gasteiger partial charge in [-0.05, 0) is 25.4 Å². The molecule has 1 aromatic rings. The number of thiophene rings is 1. The fourth-order valence-electron chi connectivity index (χ4n) is 1.16. The Morgan fingerprint density at radius 2 is 2.43 bits per heavy atom. The molecule has 0 saturated heterocycles. The minimum Gasteiger partial charge on any atom is -0.349 e. The van der Waals surface area contributed by atoms with Crippen LogP contribution in [0.15, 0.2) is 17.5 Å². The standard InChI is InChI=1S/C10H16N2OS/c1-8(9-4-3-7-14-9)12-10(13)5-6-11-2/h3-4,7-8,11H,5-6H2,1-2H3,(H,12,13)/t8-/m1/s1. The summed E-state index contributed by atoms with van der Waals surface area (Å²) in [7, 11) is 1.84. The van der Waals surface area contributed by atoms with Crippen LogP contribution in [0.4, 0.5) is 0 Å². The Morgan fingerprint density at radius 3 is 3.00 bits per heavy atom. The summed E-state index contributed by atoms with van der Waals surface area (Å²) in [6, 6.07) is 4.16. The first-order valence-electron chi connectivity index (χ1n) is 4.71. The summed E-state index contributed by atoms with van der Waals surface area (Å²) >= 11 is 1.67. The lowest BCUT2D eigenvalue weighted by atomic mass is 10.2. The van der Waals surface area contributed by atoms with Crippen LogP contribution in [-0.4, -0.2) is 19.5 Å². The summed E-state index contributed by atoms with van der Waals surface area (Å²) in [5.74, 6) is 0.0975. The molecule has 0 bridgehead atoms. The average molecular weight is 212 g/mol. The maximum atomic E-state index is 11.4. The lowest BCUT2D eigenvalue weighted by Crippen LogP contribution is -2.28. The normalized spacial score (nSPS) is 12.4. The molecule has 2 N–H and O–H groups in total. The van der Waals surface area contributed by atoms with Crippen molar-refractivity contribution in [1.82, 2.24) is 10.6 Å². The summed E-state index contributed by atoms with van der Waals surface area (Å²) in [4.78, 5) is 12.6.